The topological polar surface area (TPSA) is 113 Å². The molecule has 5 N–H and O–H groups in total. The fourth-order valence-corrected chi connectivity index (χ4v) is 1.45. The first-order valence-electron chi connectivity index (χ1n) is 5.09. The highest BCUT2D eigenvalue weighted by Crippen LogP contribution is 2.30. The van der Waals surface area contributed by atoms with Crippen LogP contribution in [0.5, 0.6) is 11.5 Å². The van der Waals surface area contributed by atoms with Crippen molar-refractivity contribution in [3.05, 3.63) is 30.0 Å². The van der Waals surface area contributed by atoms with Crippen molar-refractivity contribution in [2.75, 3.05) is 18.2 Å². The third-order valence-electron chi connectivity index (χ3n) is 2.37. The Morgan fingerprint density at radius 3 is 2.94 bits per heavy atom. The molecule has 0 spiro atoms. The lowest BCUT2D eigenvalue weighted by molar-refractivity contribution is 0.102. The molecule has 7 nitrogen and oxygen atoms in total. The Morgan fingerprint density at radius 1 is 1.56 bits per heavy atom. The van der Waals surface area contributed by atoms with Gasteiger partial charge in [0.05, 0.1) is 24.6 Å². The van der Waals surface area contributed by atoms with Gasteiger partial charge in [0.2, 0.25) is 0 Å². The first kappa shape index (κ1) is 11.8. The standard InChI is InChI=1S/C11H12N4O3/c1-18-8-4-2-3-6(9(8)16)11(17)14-10-7(12)5-13-15-10/h2-5,16H,12H2,1H3,(H2,13,14,15,17). The molecule has 1 amide bonds. The second kappa shape index (κ2) is 4.66. The molecular weight excluding hydrogens is 236 g/mol. The monoisotopic (exact) mass is 248 g/mol. The van der Waals surface area contributed by atoms with Crippen LogP contribution >= 0.6 is 0 Å². The summed E-state index contributed by atoms with van der Waals surface area (Å²) in [7, 11) is 1.41. The number of aromatic hydroxyl groups is 1. The van der Waals surface area contributed by atoms with Crippen LogP contribution in [0.25, 0.3) is 0 Å². The van der Waals surface area contributed by atoms with Gasteiger partial charge in [-0.15, -0.1) is 0 Å². The Kier molecular flexibility index (Phi) is 3.05. The fraction of sp³-hybridized carbons (Fsp3) is 0.0909. The molecule has 1 aromatic carbocycles. The number of hydrogen-bond donors (Lipinski definition) is 4. The van der Waals surface area contributed by atoms with Crippen molar-refractivity contribution in [2.24, 2.45) is 0 Å². The molecule has 0 bridgehead atoms. The Bertz CT molecular complexity index is 579. The van der Waals surface area contributed by atoms with Gasteiger partial charge in [-0.25, -0.2) is 0 Å². The van der Waals surface area contributed by atoms with Gasteiger partial charge >= 0.3 is 0 Å². The second-order valence-corrected chi connectivity index (χ2v) is 3.51. The summed E-state index contributed by atoms with van der Waals surface area (Å²) in [6.45, 7) is 0. The van der Waals surface area contributed by atoms with E-state index < -0.39 is 5.91 Å². The molecule has 0 aliphatic rings. The Balaban J connectivity index is 2.27. The summed E-state index contributed by atoms with van der Waals surface area (Å²) in [4.78, 5) is 11.9. The molecule has 1 heterocycles. The number of carbonyl (C=O) groups excluding carboxylic acids is 1. The number of ether oxygens (including phenoxy) is 1. The van der Waals surface area contributed by atoms with Crippen LogP contribution in [0, 0.1) is 0 Å². The number of aromatic nitrogens is 2. The van der Waals surface area contributed by atoms with E-state index in [1.54, 1.807) is 12.1 Å². The van der Waals surface area contributed by atoms with E-state index in [4.69, 9.17) is 10.5 Å². The maximum Gasteiger partial charge on any atom is 0.260 e. The molecule has 0 saturated carbocycles. The third kappa shape index (κ3) is 2.05. The molecule has 0 fully saturated rings. The van der Waals surface area contributed by atoms with Gasteiger partial charge in [0, 0.05) is 0 Å². The molecule has 18 heavy (non-hydrogen) atoms. The number of H-pyrrole nitrogens is 1. The van der Waals surface area contributed by atoms with Gasteiger partial charge in [-0.3, -0.25) is 9.89 Å². The van der Waals surface area contributed by atoms with Crippen LogP contribution < -0.4 is 15.8 Å². The first-order chi connectivity index (χ1) is 8.63. The highest BCUT2D eigenvalue weighted by molar-refractivity contribution is 6.07. The van der Waals surface area contributed by atoms with Crippen molar-refractivity contribution in [1.29, 1.82) is 0 Å². The number of phenols is 1. The molecule has 1 aromatic heterocycles. The number of nitrogens with one attached hydrogen (secondary N) is 2. The molecule has 2 aromatic rings. The van der Waals surface area contributed by atoms with E-state index in [-0.39, 0.29) is 22.9 Å². The molecule has 94 valence electrons. The number of amides is 1. The van der Waals surface area contributed by atoms with Crippen molar-refractivity contribution in [1.82, 2.24) is 10.2 Å². The predicted octanol–water partition coefficient (Wildman–Crippen LogP) is 0.958. The summed E-state index contributed by atoms with van der Waals surface area (Å²) in [5.74, 6) is -0.236. The van der Waals surface area contributed by atoms with Crippen molar-refractivity contribution >= 4 is 17.4 Å². The van der Waals surface area contributed by atoms with E-state index in [0.717, 1.165) is 0 Å². The van der Waals surface area contributed by atoms with Gasteiger partial charge < -0.3 is 20.9 Å². The Labute approximate surface area is 103 Å². The zero-order valence-corrected chi connectivity index (χ0v) is 9.60. The van der Waals surface area contributed by atoms with Gasteiger partial charge in [-0.2, -0.15) is 5.10 Å². The Hall–Kier alpha value is -2.70. The summed E-state index contributed by atoms with van der Waals surface area (Å²) >= 11 is 0. The summed E-state index contributed by atoms with van der Waals surface area (Å²) < 4.78 is 4.92. The predicted molar refractivity (Wildman–Crippen MR) is 65.6 cm³/mol. The highest BCUT2D eigenvalue weighted by atomic mass is 16.5. The summed E-state index contributed by atoms with van der Waals surface area (Å²) in [5, 5.41) is 18.5. The van der Waals surface area contributed by atoms with Crippen LogP contribution in [0.3, 0.4) is 0 Å². The number of rotatable bonds is 3. The lowest BCUT2D eigenvalue weighted by Gasteiger charge is -2.08. The molecule has 2 rings (SSSR count). The average molecular weight is 248 g/mol. The number of nitrogens with two attached hydrogens (primary N) is 1. The SMILES string of the molecule is COc1cccc(C(=O)Nc2[nH]ncc2N)c1O. The average Bonchev–Trinajstić information content (AvgIpc) is 2.75. The van der Waals surface area contributed by atoms with E-state index in [1.807, 2.05) is 0 Å². The van der Waals surface area contributed by atoms with Crippen LogP contribution in [-0.2, 0) is 0 Å². The van der Waals surface area contributed by atoms with Crippen molar-refractivity contribution < 1.29 is 14.6 Å². The maximum absolute atomic E-state index is 11.9. The zero-order valence-electron chi connectivity index (χ0n) is 9.60. The number of benzene rings is 1. The summed E-state index contributed by atoms with van der Waals surface area (Å²) in [5.41, 5.74) is 5.96. The summed E-state index contributed by atoms with van der Waals surface area (Å²) in [6, 6.07) is 4.63. The van der Waals surface area contributed by atoms with Crippen LogP contribution in [0.1, 0.15) is 10.4 Å². The molecule has 0 aliphatic heterocycles. The number of nitrogen functional groups attached to an aromatic ring is 1. The van der Waals surface area contributed by atoms with Crippen molar-refractivity contribution in [3.8, 4) is 11.5 Å². The molecule has 0 radical (unpaired) electrons. The molecule has 0 saturated heterocycles. The number of aromatic amines is 1. The van der Waals surface area contributed by atoms with Gasteiger partial charge in [-0.1, -0.05) is 6.07 Å². The molecule has 0 aliphatic carbocycles. The molecule has 7 heteroatoms. The minimum atomic E-state index is -0.512. The van der Waals surface area contributed by atoms with Gasteiger partial charge in [0.15, 0.2) is 17.3 Å². The van der Waals surface area contributed by atoms with E-state index in [2.05, 4.69) is 15.5 Å². The van der Waals surface area contributed by atoms with E-state index in [9.17, 15) is 9.90 Å². The number of carbonyl (C=O) groups is 1. The third-order valence-corrected chi connectivity index (χ3v) is 2.37. The lowest BCUT2D eigenvalue weighted by atomic mass is 10.1. The zero-order chi connectivity index (χ0) is 13.1. The largest absolute Gasteiger partial charge is 0.504 e. The number of methoxy groups -OCH3 is 1. The molecular formula is C11H12N4O3. The van der Waals surface area contributed by atoms with Crippen LogP contribution in [0.4, 0.5) is 11.5 Å². The quantitative estimate of drug-likeness (QED) is 0.646. The smallest absolute Gasteiger partial charge is 0.260 e. The number of phenolic OH excluding ortho intramolecular Hbond substituents is 1. The molecule has 0 unspecified atom stereocenters. The number of hydrogen-bond acceptors (Lipinski definition) is 5. The second-order valence-electron chi connectivity index (χ2n) is 3.51. The normalized spacial score (nSPS) is 10.1. The lowest BCUT2D eigenvalue weighted by Crippen LogP contribution is -2.13. The van der Waals surface area contributed by atoms with E-state index >= 15 is 0 Å². The minimum absolute atomic E-state index is 0.0864. The summed E-state index contributed by atoms with van der Waals surface area (Å²) in [6.07, 6.45) is 1.38. The van der Waals surface area contributed by atoms with Gasteiger partial charge in [0.1, 0.15) is 0 Å². The minimum Gasteiger partial charge on any atom is -0.504 e. The number of nitrogens with zero attached hydrogens (tertiary/aromatic N) is 1. The fourth-order valence-electron chi connectivity index (χ4n) is 1.45. The van der Waals surface area contributed by atoms with Crippen LogP contribution in [0.2, 0.25) is 0 Å². The van der Waals surface area contributed by atoms with E-state index in [0.29, 0.717) is 5.69 Å². The van der Waals surface area contributed by atoms with Crippen LogP contribution in [-0.4, -0.2) is 28.3 Å². The van der Waals surface area contributed by atoms with Gasteiger partial charge in [0.25, 0.3) is 5.91 Å². The van der Waals surface area contributed by atoms with Crippen LogP contribution in [0.15, 0.2) is 24.4 Å². The Morgan fingerprint density at radius 2 is 2.33 bits per heavy atom. The van der Waals surface area contributed by atoms with Gasteiger partial charge in [-0.05, 0) is 12.1 Å². The first-order valence-corrected chi connectivity index (χ1v) is 5.09. The molecule has 0 atom stereocenters. The van der Waals surface area contributed by atoms with E-state index in [1.165, 1.54) is 19.4 Å². The highest BCUT2D eigenvalue weighted by Gasteiger charge is 2.16. The van der Waals surface area contributed by atoms with Crippen molar-refractivity contribution in [3.63, 3.8) is 0 Å². The number of para-hydroxylation sites is 1. The number of anilines is 2. The maximum atomic E-state index is 11.9. The van der Waals surface area contributed by atoms with Crippen molar-refractivity contribution in [2.45, 2.75) is 0 Å².